The van der Waals surface area contributed by atoms with Crippen molar-refractivity contribution in [2.75, 3.05) is 52.9 Å². The number of rotatable bonds is 24. The maximum Gasteiger partial charge on any atom is 0.217 e. The van der Waals surface area contributed by atoms with Crippen LogP contribution < -0.4 is 10.6 Å². The van der Waals surface area contributed by atoms with Crippen LogP contribution in [0.15, 0.2) is 0 Å². The van der Waals surface area contributed by atoms with Crippen molar-refractivity contribution in [1.29, 1.82) is 0 Å². The molecule has 8 aliphatic rings. The first kappa shape index (κ1) is 78.1. The molecule has 552 valence electrons. The molecular formula is C52H88N2O41. The first-order valence-corrected chi connectivity index (χ1v) is 30.2. The van der Waals surface area contributed by atoms with Crippen LogP contribution in [0.5, 0.6) is 0 Å². The molecule has 2 amide bonds. The third-order valence-electron chi connectivity index (χ3n) is 17.5. The van der Waals surface area contributed by atoms with E-state index in [1.807, 2.05) is 0 Å². The van der Waals surface area contributed by atoms with Gasteiger partial charge in [0.25, 0.3) is 0 Å². The second-order valence-corrected chi connectivity index (χ2v) is 23.8. The number of ether oxygens (including phenoxy) is 15. The highest BCUT2D eigenvalue weighted by Gasteiger charge is 2.60. The van der Waals surface area contributed by atoms with Gasteiger partial charge in [-0.2, -0.15) is 0 Å². The normalized spacial score (nSPS) is 50.8. The summed E-state index contributed by atoms with van der Waals surface area (Å²) in [5.74, 6) is -1.79. The molecule has 0 aliphatic carbocycles. The summed E-state index contributed by atoms with van der Waals surface area (Å²) < 4.78 is 87.3. The minimum atomic E-state index is -2.40. The van der Waals surface area contributed by atoms with Gasteiger partial charge in [-0.1, -0.05) is 0 Å². The smallest absolute Gasteiger partial charge is 0.217 e. The van der Waals surface area contributed by atoms with Crippen LogP contribution in [-0.4, -0.2) is 433 Å². The maximum absolute atomic E-state index is 13.2. The zero-order chi connectivity index (χ0) is 69.9. The Kier molecular flexibility index (Phi) is 27.9. The summed E-state index contributed by atoms with van der Waals surface area (Å²) >= 11 is 0. The van der Waals surface area contributed by atoms with Crippen molar-refractivity contribution in [3.63, 3.8) is 0 Å². The van der Waals surface area contributed by atoms with Gasteiger partial charge in [-0.3, -0.25) is 9.59 Å². The van der Waals surface area contributed by atoms with Crippen LogP contribution >= 0.6 is 0 Å². The minimum Gasteiger partial charge on any atom is -0.394 e. The summed E-state index contributed by atoms with van der Waals surface area (Å²) in [6.07, 6.45) is -78.6. The molecule has 0 aromatic rings. The van der Waals surface area contributed by atoms with Crippen LogP contribution in [0.1, 0.15) is 13.8 Å². The summed E-state index contributed by atoms with van der Waals surface area (Å²) in [6.45, 7) is -6.57. The van der Waals surface area contributed by atoms with E-state index >= 15 is 0 Å². The average molecular weight is 1400 g/mol. The monoisotopic (exact) mass is 1400 g/mol. The predicted octanol–water partition coefficient (Wildman–Crippen LogP) is -18.2. The number of carbonyl (C=O) groups is 2. The zero-order valence-corrected chi connectivity index (χ0v) is 50.4. The van der Waals surface area contributed by atoms with Gasteiger partial charge in [0, 0.05) is 13.8 Å². The molecule has 8 fully saturated rings. The van der Waals surface area contributed by atoms with E-state index in [1.54, 1.807) is 0 Å². The highest BCUT2D eigenvalue weighted by Crippen LogP contribution is 2.40. The number of carbonyl (C=O) groups excluding carboxylic acids is 2. The van der Waals surface area contributed by atoms with E-state index in [9.17, 15) is 132 Å². The SMILES string of the molecule is CC(=O)N[C@@H]1[C@@H](O[C@@H]2O[C@H](CO)[C@@H](O)[C@H](O)[C@@H]2O[C@H]2O[C@H](CO)[C@@H](O[C@H]3O[C@H](CO)[C@@H](O)[C@H](O)[C@@H]3O[C@H]3O[C@H](CO)[C@H](O)[C@H](O[C@@H]4O[C@H](CO)[C@@H](O)[C@H](O)[C@@H]4O[C@H]4O[C@H](CO)[C@@H](O)[C@H](O)[C@@H]4O[C@H]4O[C@H](CO)[C@@H](O)[C@H](O)[C@@H]4O)[C@H]3NC(C)=O)[C@H](O)[C@@H]2O)[C@@H](O)[C@@H](CO)O[C@@H]1O. The Morgan fingerprint density at radius 1 is 0.253 bits per heavy atom. The third kappa shape index (κ3) is 16.7. The van der Waals surface area contributed by atoms with Crippen LogP contribution in [0, 0.1) is 0 Å². The van der Waals surface area contributed by atoms with Crippen LogP contribution in [-0.2, 0) is 80.6 Å². The molecule has 8 aliphatic heterocycles. The minimum absolute atomic E-state index is 0.793. The fraction of sp³-hybridized carbons (Fsp3) is 0.962. The van der Waals surface area contributed by atoms with Crippen molar-refractivity contribution in [3.8, 4) is 0 Å². The Morgan fingerprint density at radius 3 is 0.842 bits per heavy atom. The Bertz CT molecular complexity index is 2380. The van der Waals surface area contributed by atoms with Crippen molar-refractivity contribution in [2.24, 2.45) is 0 Å². The van der Waals surface area contributed by atoms with Crippen LogP contribution in [0.4, 0.5) is 0 Å². The Labute approximate surface area is 536 Å². The fourth-order valence-corrected chi connectivity index (χ4v) is 12.2. The molecular weight excluding hydrogens is 1310 g/mol. The first-order chi connectivity index (χ1) is 45.0. The quantitative estimate of drug-likeness (QED) is 0.0427. The molecule has 8 saturated heterocycles. The maximum atomic E-state index is 13.2. The zero-order valence-electron chi connectivity index (χ0n) is 50.4. The first-order valence-electron chi connectivity index (χ1n) is 30.2. The van der Waals surface area contributed by atoms with Crippen molar-refractivity contribution in [1.82, 2.24) is 10.6 Å². The molecule has 0 saturated carbocycles. The summed E-state index contributed by atoms with van der Waals surface area (Å²) in [6, 6.07) is -3.65. The van der Waals surface area contributed by atoms with Gasteiger partial charge in [0.1, 0.15) is 195 Å². The van der Waals surface area contributed by atoms with Gasteiger partial charge >= 0.3 is 0 Å². The number of aliphatic hydroxyl groups is 24. The number of hydrogen-bond acceptors (Lipinski definition) is 41. The van der Waals surface area contributed by atoms with Gasteiger partial charge in [-0.15, -0.1) is 0 Å². The lowest BCUT2D eigenvalue weighted by molar-refractivity contribution is -0.407. The summed E-state index contributed by atoms with van der Waals surface area (Å²) in [5.41, 5.74) is 0. The van der Waals surface area contributed by atoms with E-state index in [1.165, 1.54) is 0 Å². The molecule has 0 unspecified atom stereocenters. The van der Waals surface area contributed by atoms with Crippen LogP contribution in [0.3, 0.4) is 0 Å². The van der Waals surface area contributed by atoms with Crippen molar-refractivity contribution in [3.05, 3.63) is 0 Å². The molecule has 8 heterocycles. The van der Waals surface area contributed by atoms with Gasteiger partial charge in [0.05, 0.1) is 52.9 Å². The lowest BCUT2D eigenvalue weighted by Gasteiger charge is -2.51. The van der Waals surface area contributed by atoms with E-state index in [0.717, 1.165) is 13.8 Å². The van der Waals surface area contributed by atoms with Crippen molar-refractivity contribution in [2.45, 2.75) is 259 Å². The molecule has 40 atom stereocenters. The molecule has 0 spiro atoms. The molecule has 0 aromatic carbocycles. The van der Waals surface area contributed by atoms with E-state index in [-0.39, 0.29) is 0 Å². The summed E-state index contributed by atoms with van der Waals surface area (Å²) in [4.78, 5) is 25.3. The predicted molar refractivity (Wildman–Crippen MR) is 288 cm³/mol. The van der Waals surface area contributed by atoms with Gasteiger partial charge in [-0.25, -0.2) is 0 Å². The third-order valence-corrected chi connectivity index (χ3v) is 17.5. The van der Waals surface area contributed by atoms with Crippen LogP contribution in [0.2, 0.25) is 0 Å². The number of hydrogen-bond donors (Lipinski definition) is 26. The Hall–Kier alpha value is -2.62. The van der Waals surface area contributed by atoms with E-state index in [2.05, 4.69) is 10.6 Å². The largest absolute Gasteiger partial charge is 0.394 e. The molecule has 0 radical (unpaired) electrons. The molecule has 0 bridgehead atoms. The van der Waals surface area contributed by atoms with E-state index < -0.39 is 310 Å². The topological polar surface area (TPSA) is 682 Å². The fourth-order valence-electron chi connectivity index (χ4n) is 12.2. The highest BCUT2D eigenvalue weighted by atomic mass is 16.8. The number of nitrogens with one attached hydrogen (secondary N) is 2. The van der Waals surface area contributed by atoms with E-state index in [4.69, 9.17) is 71.1 Å². The second kappa shape index (κ2) is 33.9. The van der Waals surface area contributed by atoms with Gasteiger partial charge in [-0.05, 0) is 0 Å². The summed E-state index contributed by atoms with van der Waals surface area (Å²) in [7, 11) is 0. The van der Waals surface area contributed by atoms with E-state index in [0.29, 0.717) is 0 Å². The Morgan fingerprint density at radius 2 is 0.484 bits per heavy atom. The highest BCUT2D eigenvalue weighted by molar-refractivity contribution is 5.73. The van der Waals surface area contributed by atoms with Crippen molar-refractivity contribution >= 4 is 11.8 Å². The molecule has 95 heavy (non-hydrogen) atoms. The van der Waals surface area contributed by atoms with Crippen molar-refractivity contribution < 1.29 is 203 Å². The molecule has 43 heteroatoms. The van der Waals surface area contributed by atoms with Gasteiger partial charge < -0.3 is 204 Å². The number of aliphatic hydroxyl groups excluding tert-OH is 24. The summed E-state index contributed by atoms with van der Waals surface area (Å²) in [5, 5.41) is 266. The lowest BCUT2D eigenvalue weighted by atomic mass is 9.94. The molecule has 8 rings (SSSR count). The molecule has 26 N–H and O–H groups in total. The molecule has 0 aromatic heterocycles. The van der Waals surface area contributed by atoms with Gasteiger partial charge in [0.2, 0.25) is 11.8 Å². The Balaban J connectivity index is 1.06. The standard InChI is InChI=1S/C52H88N2O41/c1-11(63)53-21-39(28(70)18(8-60)81-45(21)80)90-50-42(32(74)25(67)15(5-57)85-50)94-48-37(79)35(77)38(20(10-62)88-48)89-49-41(31(73)24(66)14(4-56)84-49)92-46-22(54-12(2)64)40(29(71)19(9-61)82-46)91-51-44(34(76)27(69)16(6-58)86-51)95-52-43(33(75)26(68)17(7-59)87-52)93-47-36(78)30(72)23(65)13(3-55)83-47/h13-52,55-62,65-80H,3-10H2,1-2H3,(H,53,63)(H,54,64)/t13-,14-,15-,16-,17-,18-,19-,20-,21-,22-,23-,24-,25-,26-,27-,28+,29+,30+,31+,32+,33+,34+,35-,36+,37+,38-,39-,40-,41+,42+,43+,44+,45+,46-,47-,48-,49-,50+,51+,52-/m1/s1. The van der Waals surface area contributed by atoms with Crippen LogP contribution in [0.25, 0.3) is 0 Å². The lowest BCUT2D eigenvalue weighted by Crippen LogP contribution is -2.71. The second-order valence-electron chi connectivity index (χ2n) is 23.8. The average Bonchev–Trinajstić information content (AvgIpc) is 0.776. The molecule has 43 nitrogen and oxygen atoms in total. The number of amides is 2. The van der Waals surface area contributed by atoms with Gasteiger partial charge in [0.15, 0.2) is 50.3 Å².